The smallest absolute Gasteiger partial charge is 0.242 e. The molecule has 1 aliphatic rings. The summed E-state index contributed by atoms with van der Waals surface area (Å²) in [5.41, 5.74) is 2.20. The van der Waals surface area contributed by atoms with Crippen LogP contribution in [0, 0.1) is 6.92 Å². The molecule has 0 spiro atoms. The molecule has 10 heteroatoms. The molecule has 1 atom stereocenters. The van der Waals surface area contributed by atoms with Crippen LogP contribution in [0.15, 0.2) is 58.6 Å². The fraction of sp³-hybridized carbons (Fsp3) is 0.348. The van der Waals surface area contributed by atoms with E-state index in [2.05, 4.69) is 10.4 Å². The molecule has 174 valence electrons. The molecule has 1 aromatic heterocycles. The Labute approximate surface area is 198 Å². The highest BCUT2D eigenvalue weighted by Gasteiger charge is 2.31. The molecule has 0 unspecified atom stereocenters. The molecule has 8 nitrogen and oxygen atoms in total. The molecule has 1 aliphatic carbocycles. The van der Waals surface area contributed by atoms with Crippen LogP contribution in [-0.2, 0) is 14.8 Å². The normalized spacial score (nSPS) is 14.9. The van der Waals surface area contributed by atoms with Crippen LogP contribution in [0.2, 0.25) is 0 Å². The van der Waals surface area contributed by atoms with E-state index in [1.165, 1.54) is 38.0 Å². The summed E-state index contributed by atoms with van der Waals surface area (Å²) in [6, 6.07) is 14.6. The minimum atomic E-state index is -3.60. The van der Waals surface area contributed by atoms with Crippen molar-refractivity contribution in [3.63, 3.8) is 0 Å². The molecule has 0 bridgehead atoms. The molecule has 0 aliphatic heterocycles. The minimum Gasteiger partial charge on any atom is -0.325 e. The number of carbonyl (C=O) groups excluding carboxylic acids is 1. The number of sulfonamides is 1. The van der Waals surface area contributed by atoms with Crippen molar-refractivity contribution in [2.45, 2.75) is 47.9 Å². The number of benzene rings is 2. The van der Waals surface area contributed by atoms with Crippen molar-refractivity contribution in [3.05, 3.63) is 59.9 Å². The quantitative estimate of drug-likeness (QED) is 0.487. The Morgan fingerprint density at radius 2 is 1.88 bits per heavy atom. The van der Waals surface area contributed by atoms with Crippen LogP contribution < -0.4 is 5.32 Å². The fourth-order valence-corrected chi connectivity index (χ4v) is 4.96. The maximum atomic E-state index is 12.9. The number of carbonyl (C=O) groups is 1. The van der Waals surface area contributed by atoms with E-state index in [4.69, 9.17) is 4.98 Å². The van der Waals surface area contributed by atoms with Gasteiger partial charge in [0.05, 0.1) is 15.8 Å². The number of anilines is 1. The molecular weight excluding hydrogens is 458 g/mol. The van der Waals surface area contributed by atoms with E-state index >= 15 is 0 Å². The van der Waals surface area contributed by atoms with Gasteiger partial charge in [-0.3, -0.25) is 4.79 Å². The monoisotopic (exact) mass is 485 g/mol. The van der Waals surface area contributed by atoms with Crippen LogP contribution in [0.3, 0.4) is 0 Å². The van der Waals surface area contributed by atoms with E-state index in [-0.39, 0.29) is 10.8 Å². The second-order valence-electron chi connectivity index (χ2n) is 8.29. The number of hydrogen-bond donors (Lipinski definition) is 1. The number of hydrogen-bond acceptors (Lipinski definition) is 6. The lowest BCUT2D eigenvalue weighted by atomic mass is 10.2. The zero-order valence-corrected chi connectivity index (χ0v) is 20.7. The molecular formula is C23H27N5O3S2. The first-order chi connectivity index (χ1) is 15.7. The van der Waals surface area contributed by atoms with E-state index < -0.39 is 15.3 Å². The number of nitrogens with zero attached hydrogens (tertiary/aromatic N) is 4. The molecule has 3 aromatic rings. The summed E-state index contributed by atoms with van der Waals surface area (Å²) >= 11 is 1.28. The van der Waals surface area contributed by atoms with Gasteiger partial charge in [0.2, 0.25) is 21.1 Å². The summed E-state index contributed by atoms with van der Waals surface area (Å²) in [6.07, 6.45) is 2.19. The van der Waals surface area contributed by atoms with Crippen LogP contribution in [0.4, 0.5) is 5.69 Å². The van der Waals surface area contributed by atoms with Crippen molar-refractivity contribution in [1.29, 1.82) is 0 Å². The number of aromatic nitrogens is 3. The third kappa shape index (κ3) is 5.13. The topological polar surface area (TPSA) is 97.2 Å². The molecule has 1 N–H and O–H groups in total. The van der Waals surface area contributed by atoms with E-state index in [0.717, 1.165) is 34.2 Å². The molecule has 1 fully saturated rings. The van der Waals surface area contributed by atoms with Crippen LogP contribution >= 0.6 is 11.8 Å². The molecule has 1 saturated carbocycles. The molecule has 1 heterocycles. The Hall–Kier alpha value is -2.69. The van der Waals surface area contributed by atoms with Gasteiger partial charge in [-0.05, 0) is 56.5 Å². The van der Waals surface area contributed by atoms with E-state index in [1.807, 2.05) is 41.9 Å². The fourth-order valence-electron chi connectivity index (χ4n) is 3.27. The van der Waals surface area contributed by atoms with Gasteiger partial charge in [0.15, 0.2) is 0 Å². The molecule has 2 aromatic carbocycles. The van der Waals surface area contributed by atoms with Crippen molar-refractivity contribution in [3.8, 4) is 5.69 Å². The maximum absolute atomic E-state index is 12.9. The lowest BCUT2D eigenvalue weighted by molar-refractivity contribution is -0.115. The van der Waals surface area contributed by atoms with Crippen molar-refractivity contribution >= 4 is 33.4 Å². The summed E-state index contributed by atoms with van der Waals surface area (Å²) in [5, 5.41) is 7.59. The van der Waals surface area contributed by atoms with Crippen LogP contribution in [-0.4, -0.2) is 52.7 Å². The van der Waals surface area contributed by atoms with Crippen molar-refractivity contribution in [1.82, 2.24) is 19.1 Å². The summed E-state index contributed by atoms with van der Waals surface area (Å²) in [6.45, 7) is 3.61. The van der Waals surface area contributed by atoms with Crippen molar-refractivity contribution < 1.29 is 13.2 Å². The van der Waals surface area contributed by atoms with Gasteiger partial charge < -0.3 is 5.32 Å². The second kappa shape index (κ2) is 9.28. The Morgan fingerprint density at radius 3 is 2.52 bits per heavy atom. The third-order valence-electron chi connectivity index (χ3n) is 5.45. The highest BCUT2D eigenvalue weighted by Crippen LogP contribution is 2.40. The maximum Gasteiger partial charge on any atom is 0.242 e. The number of thioether (sulfide) groups is 1. The van der Waals surface area contributed by atoms with Crippen LogP contribution in [0.25, 0.3) is 5.69 Å². The number of para-hydroxylation sites is 1. The van der Waals surface area contributed by atoms with Crippen molar-refractivity contribution in [2.75, 3.05) is 19.4 Å². The predicted octanol–water partition coefficient (Wildman–Crippen LogP) is 3.82. The molecule has 1 amide bonds. The van der Waals surface area contributed by atoms with Gasteiger partial charge in [0.25, 0.3) is 0 Å². The lowest BCUT2D eigenvalue weighted by Gasteiger charge is -2.15. The number of aryl methyl sites for hydroxylation is 1. The van der Waals surface area contributed by atoms with Gasteiger partial charge >= 0.3 is 0 Å². The first-order valence-corrected chi connectivity index (χ1v) is 13.0. The number of amides is 1. The van der Waals surface area contributed by atoms with Crippen LogP contribution in [0.5, 0.6) is 0 Å². The van der Waals surface area contributed by atoms with E-state index in [9.17, 15) is 13.2 Å². The Balaban J connectivity index is 1.51. The predicted molar refractivity (Wildman–Crippen MR) is 129 cm³/mol. The second-order valence-corrected chi connectivity index (χ2v) is 11.7. The summed E-state index contributed by atoms with van der Waals surface area (Å²) in [5.74, 6) is 1.08. The summed E-state index contributed by atoms with van der Waals surface area (Å²) < 4.78 is 27.9. The van der Waals surface area contributed by atoms with Crippen molar-refractivity contribution in [2.24, 2.45) is 0 Å². The van der Waals surface area contributed by atoms with E-state index in [1.54, 1.807) is 13.0 Å². The number of rotatable bonds is 8. The Kier molecular flexibility index (Phi) is 6.60. The molecule has 33 heavy (non-hydrogen) atoms. The average molecular weight is 486 g/mol. The molecule has 0 radical (unpaired) electrons. The molecule has 4 rings (SSSR count). The SMILES string of the molecule is Cc1ccc(S(=O)(=O)N(C)C)cc1NC(=O)[C@@H](C)Sc1nc(C2CC2)n(-c2ccccc2)n1. The van der Waals surface area contributed by atoms with Gasteiger partial charge in [-0.25, -0.2) is 22.4 Å². The summed E-state index contributed by atoms with van der Waals surface area (Å²) in [7, 11) is -0.646. The standard InChI is InChI=1S/C23H27N5O3S2/c1-15-10-13-19(33(30,31)27(3)4)14-20(15)24-22(29)16(2)32-23-25-21(17-11-12-17)28(26-23)18-8-6-5-7-9-18/h5-10,13-14,16-17H,11-12H2,1-4H3,(H,24,29)/t16-/m1/s1. The zero-order chi connectivity index (χ0) is 23.8. The Bertz CT molecular complexity index is 1270. The average Bonchev–Trinajstić information content (AvgIpc) is 3.55. The first kappa shape index (κ1) is 23.5. The van der Waals surface area contributed by atoms with Gasteiger partial charge in [0, 0.05) is 25.7 Å². The largest absolute Gasteiger partial charge is 0.325 e. The summed E-state index contributed by atoms with van der Waals surface area (Å²) in [4.78, 5) is 17.8. The van der Waals surface area contributed by atoms with Gasteiger partial charge in [0.1, 0.15) is 5.82 Å². The van der Waals surface area contributed by atoms with Gasteiger partial charge in [-0.1, -0.05) is 36.0 Å². The highest BCUT2D eigenvalue weighted by molar-refractivity contribution is 8.00. The van der Waals surface area contributed by atoms with Crippen LogP contribution in [0.1, 0.15) is 37.1 Å². The highest BCUT2D eigenvalue weighted by atomic mass is 32.2. The third-order valence-corrected chi connectivity index (χ3v) is 8.22. The lowest BCUT2D eigenvalue weighted by Crippen LogP contribution is -2.24. The minimum absolute atomic E-state index is 0.131. The first-order valence-electron chi connectivity index (χ1n) is 10.7. The molecule has 0 saturated heterocycles. The van der Waals surface area contributed by atoms with Gasteiger partial charge in [-0.15, -0.1) is 5.10 Å². The zero-order valence-electron chi connectivity index (χ0n) is 19.0. The number of nitrogens with one attached hydrogen (secondary N) is 1. The van der Waals surface area contributed by atoms with E-state index in [0.29, 0.717) is 16.8 Å². The Morgan fingerprint density at radius 1 is 1.18 bits per heavy atom. The van der Waals surface area contributed by atoms with Gasteiger partial charge in [-0.2, -0.15) is 0 Å².